The van der Waals surface area contributed by atoms with Gasteiger partial charge in [-0.05, 0) is 380 Å². The van der Waals surface area contributed by atoms with Crippen LogP contribution in [0, 0.1) is 0 Å². The van der Waals surface area contributed by atoms with E-state index in [9.17, 15) is 0 Å². The number of hydrogen-bond donors (Lipinski definition) is 0. The Labute approximate surface area is 724 Å². The van der Waals surface area contributed by atoms with Crippen LogP contribution in [0.1, 0.15) is 122 Å². The zero-order valence-electron chi connectivity index (χ0n) is 70.8. The molecular weight excluding hydrogens is 1500 g/mol. The summed E-state index contributed by atoms with van der Waals surface area (Å²) in [5.74, 6) is 0. The van der Waals surface area contributed by atoms with E-state index in [0.29, 0.717) is 0 Å². The summed E-state index contributed by atoms with van der Waals surface area (Å²) in [5.41, 5.74) is 40.3. The zero-order chi connectivity index (χ0) is 82.4. The molecule has 0 aromatic heterocycles. The molecule has 0 unspecified atom stereocenters. The van der Waals surface area contributed by atoms with Crippen molar-refractivity contribution in [1.82, 2.24) is 0 Å². The third-order valence-electron chi connectivity index (χ3n) is 32.7. The second kappa shape index (κ2) is 22.4. The molecule has 30 rings (SSSR count). The number of rotatable bonds is 4. The molecule has 0 saturated carbocycles. The molecule has 0 heterocycles. The Balaban J connectivity index is 0.647. The minimum absolute atomic E-state index is 0.270. The Morgan fingerprint density at radius 3 is 0.520 bits per heavy atom. The molecule has 0 nitrogen and oxygen atoms in total. The molecule has 1 spiro atoms. The van der Waals surface area contributed by atoms with Gasteiger partial charge in [-0.3, -0.25) is 0 Å². The second-order valence-corrected chi connectivity index (χ2v) is 40.0. The van der Waals surface area contributed by atoms with E-state index in [1.54, 1.807) is 0 Å². The van der Waals surface area contributed by atoms with Crippen LogP contribution in [0.4, 0.5) is 0 Å². The minimum atomic E-state index is -0.800. The lowest BCUT2D eigenvalue weighted by atomic mass is 9.69. The molecule has 0 bridgehead atoms. The Bertz CT molecular complexity index is 8090. The van der Waals surface area contributed by atoms with Gasteiger partial charge in [0, 0.05) is 21.7 Å². The Hall–Kier alpha value is -14.6. The topological polar surface area (TPSA) is 0 Å². The maximum absolute atomic E-state index is 2.66. The predicted octanol–water partition coefficient (Wildman–Crippen LogP) is 33.5. The van der Waals surface area contributed by atoms with Crippen LogP contribution in [0.3, 0.4) is 0 Å². The second-order valence-electron chi connectivity index (χ2n) is 40.0. The van der Waals surface area contributed by atoms with Gasteiger partial charge >= 0.3 is 0 Å². The first-order chi connectivity index (χ1) is 60.9. The third kappa shape index (κ3) is 8.16. The van der Waals surface area contributed by atoms with E-state index in [0.717, 1.165) is 0 Å². The van der Waals surface area contributed by atoms with Crippen molar-refractivity contribution in [2.24, 2.45) is 0 Å². The average Bonchev–Trinajstić information content (AvgIpc) is 1.49. The molecule has 6 aliphatic rings. The number of benzene rings is 24. The van der Waals surface area contributed by atoms with Gasteiger partial charge < -0.3 is 0 Å². The van der Waals surface area contributed by atoms with E-state index in [1.807, 2.05) is 0 Å². The maximum atomic E-state index is 2.66. The van der Waals surface area contributed by atoms with E-state index >= 15 is 0 Å². The smallest absolute Gasteiger partial charge is 0.0610 e. The van der Waals surface area contributed by atoms with Gasteiger partial charge in [-0.25, -0.2) is 0 Å². The maximum Gasteiger partial charge on any atom is 0.0726 e. The molecular formula is C125H80. The molecule has 0 heteroatoms. The number of fused-ring (bicyclic) bond motifs is 26. The van der Waals surface area contributed by atoms with Crippen LogP contribution in [0.2, 0.25) is 0 Å². The highest BCUT2D eigenvalue weighted by molar-refractivity contribution is 6.31. The van der Waals surface area contributed by atoms with Gasteiger partial charge in [0.15, 0.2) is 0 Å². The van der Waals surface area contributed by atoms with E-state index in [4.69, 9.17) is 0 Å². The fourth-order valence-corrected chi connectivity index (χ4v) is 26.7. The lowest BCUT2D eigenvalue weighted by Crippen LogP contribution is -2.26. The van der Waals surface area contributed by atoms with Crippen LogP contribution < -0.4 is 0 Å². The van der Waals surface area contributed by atoms with Crippen molar-refractivity contribution in [3.05, 3.63) is 406 Å². The van der Waals surface area contributed by atoms with E-state index in [1.165, 1.54) is 307 Å². The quantitative estimate of drug-likeness (QED) is 0.154. The molecule has 0 N–H and O–H groups in total. The summed E-state index contributed by atoms with van der Waals surface area (Å²) in [7, 11) is 0. The van der Waals surface area contributed by atoms with Gasteiger partial charge in [-0.15, -0.1) is 0 Å². The summed E-state index contributed by atoms with van der Waals surface area (Å²) in [6, 6.07) is 136. The summed E-state index contributed by atoms with van der Waals surface area (Å²) in [5, 5.41) is 32.0. The lowest BCUT2D eigenvalue weighted by Gasteiger charge is -2.32. The summed E-state index contributed by atoms with van der Waals surface area (Å²) in [4.78, 5) is 0. The lowest BCUT2D eigenvalue weighted by molar-refractivity contribution is 0.661. The first kappa shape index (κ1) is 68.0. The highest BCUT2D eigenvalue weighted by atomic mass is 14.5. The molecule has 0 fully saturated rings. The van der Waals surface area contributed by atoms with Crippen molar-refractivity contribution in [2.45, 2.75) is 82.5 Å². The molecule has 0 amide bonds. The molecule has 0 aliphatic heterocycles. The average molecular weight is 1580 g/mol. The van der Waals surface area contributed by atoms with Crippen LogP contribution in [0.5, 0.6) is 0 Å². The van der Waals surface area contributed by atoms with Crippen molar-refractivity contribution in [1.29, 1.82) is 0 Å². The zero-order valence-corrected chi connectivity index (χ0v) is 70.8. The summed E-state index contributed by atoms with van der Waals surface area (Å²) in [6.07, 6.45) is 0. The number of hydrogen-bond acceptors (Lipinski definition) is 0. The van der Waals surface area contributed by atoms with Crippen molar-refractivity contribution >= 4 is 129 Å². The molecule has 24 aromatic rings. The first-order valence-corrected chi connectivity index (χ1v) is 45.0. The monoisotopic (exact) mass is 1580 g/mol. The van der Waals surface area contributed by atoms with Crippen LogP contribution in [-0.2, 0) is 27.1 Å². The highest BCUT2D eigenvalue weighted by Gasteiger charge is 2.53. The van der Waals surface area contributed by atoms with Crippen molar-refractivity contribution in [3.8, 4) is 111 Å². The van der Waals surface area contributed by atoms with E-state index < -0.39 is 5.41 Å². The standard InChI is InChI=1S/C125H80/c1-121(2)97-53-73(37-45-89(97)117-93-49-29-69-17-9-13-65-21-25-81(61-105(117)121)113(93)109(65)69)77-33-41-85-86-42-34-78(74-38-46-90-98(54-74)122(3,4)106-62-82-26-22-66-14-10-18-70-30-50-94(118(90)106)114(82)110(66)70)58-102(86)125(101(85)57-77)103-59-79(75-39-47-91-99(55-75)123(5,6)107-63-83-27-23-67-15-11-19-71-31-51-95(119(91)107)115(83)111(67)71)35-43-87(103)88-44-36-80(60-104(88)125)76-40-48-92-100(56-76)124(7,8)108-64-84-28-24-68-16-12-20-72-32-52-96(120(92)108)116(84)112(68)72/h9-64H,1-8H3. The van der Waals surface area contributed by atoms with Gasteiger partial charge in [0.1, 0.15) is 0 Å². The van der Waals surface area contributed by atoms with Gasteiger partial charge in [0.05, 0.1) is 5.41 Å². The molecule has 125 heavy (non-hydrogen) atoms. The molecule has 0 radical (unpaired) electrons. The molecule has 0 atom stereocenters. The molecule has 6 aliphatic carbocycles. The van der Waals surface area contributed by atoms with Crippen LogP contribution in [0.25, 0.3) is 241 Å². The SMILES string of the molecule is CC1(C)c2cc(-c3ccc4c(c3)C3(c5cc(-c6ccc7c(c6)C(C)(C)c6cc8ccc9cccc%10ccc(c6-7)c8c9%10)ccc5-4)c4cc(-c5ccc6c(c5)C(C)(C)c5cc7ccc8cccc9ccc(c5-6)c7c89)ccc4-c4ccc(-c5ccc6c(c5)C(C)(C)c5cc7ccc8cccc9ccc(c5-6)c7c89)cc43)ccc2-c2c1cc1ccc3cccc4ccc2c1c34. The fraction of sp³-hybridized carbons (Fsp3) is 0.104. The van der Waals surface area contributed by atoms with Crippen LogP contribution in [-0.4, -0.2) is 0 Å². The summed E-state index contributed by atoms with van der Waals surface area (Å²) in [6.45, 7) is 19.8. The highest BCUT2D eigenvalue weighted by Crippen LogP contribution is 2.67. The van der Waals surface area contributed by atoms with Crippen molar-refractivity contribution in [3.63, 3.8) is 0 Å². The Morgan fingerprint density at radius 2 is 0.312 bits per heavy atom. The predicted molar refractivity (Wildman–Crippen MR) is 530 cm³/mol. The first-order valence-electron chi connectivity index (χ1n) is 45.0. The van der Waals surface area contributed by atoms with Gasteiger partial charge in [-0.1, -0.05) is 322 Å². The van der Waals surface area contributed by atoms with Gasteiger partial charge in [0.25, 0.3) is 0 Å². The molecule has 580 valence electrons. The van der Waals surface area contributed by atoms with E-state index in [2.05, 4.69) is 395 Å². The molecule has 24 aromatic carbocycles. The van der Waals surface area contributed by atoms with Gasteiger partial charge in [-0.2, -0.15) is 0 Å². The van der Waals surface area contributed by atoms with Crippen LogP contribution >= 0.6 is 0 Å². The van der Waals surface area contributed by atoms with Crippen molar-refractivity contribution < 1.29 is 0 Å². The van der Waals surface area contributed by atoms with Crippen LogP contribution in [0.15, 0.2) is 340 Å². The minimum Gasteiger partial charge on any atom is -0.0610 e. The summed E-state index contributed by atoms with van der Waals surface area (Å²) >= 11 is 0. The summed E-state index contributed by atoms with van der Waals surface area (Å²) < 4.78 is 0. The third-order valence-corrected chi connectivity index (χ3v) is 32.7. The fourth-order valence-electron chi connectivity index (χ4n) is 26.7. The normalized spacial score (nSPS) is 15.7. The van der Waals surface area contributed by atoms with E-state index in [-0.39, 0.29) is 21.7 Å². The van der Waals surface area contributed by atoms with Gasteiger partial charge in [0.2, 0.25) is 0 Å². The Kier molecular flexibility index (Phi) is 12.2. The largest absolute Gasteiger partial charge is 0.0726 e. The molecule has 0 saturated heterocycles. The Morgan fingerprint density at radius 1 is 0.136 bits per heavy atom. The van der Waals surface area contributed by atoms with Crippen molar-refractivity contribution in [2.75, 3.05) is 0 Å².